The number of carbonyl (C=O) groups is 1. The summed E-state index contributed by atoms with van der Waals surface area (Å²) >= 11 is 0. The molecule has 3 rings (SSSR count). The summed E-state index contributed by atoms with van der Waals surface area (Å²) in [5, 5.41) is 6.78. The summed E-state index contributed by atoms with van der Waals surface area (Å²) in [7, 11) is -0.257. The molecule has 0 radical (unpaired) electrons. The van der Waals surface area contributed by atoms with Crippen LogP contribution in [0.2, 0.25) is 0 Å². The molecule has 0 aliphatic carbocycles. The van der Waals surface area contributed by atoms with Gasteiger partial charge in [0.2, 0.25) is 15.9 Å². The molecular formula is C16H20N4O3S. The molecule has 0 unspecified atom stereocenters. The van der Waals surface area contributed by atoms with E-state index in [4.69, 9.17) is 0 Å². The fourth-order valence-corrected chi connectivity index (χ4v) is 4.64. The van der Waals surface area contributed by atoms with Crippen molar-refractivity contribution in [3.05, 3.63) is 48.3 Å². The highest BCUT2D eigenvalue weighted by atomic mass is 32.2. The molecule has 2 aromatic rings. The third-order valence-corrected chi connectivity index (χ3v) is 6.25. The zero-order valence-electron chi connectivity index (χ0n) is 13.6. The van der Waals surface area contributed by atoms with Gasteiger partial charge in [-0.3, -0.25) is 9.48 Å². The molecule has 2 heterocycles. The van der Waals surface area contributed by atoms with Gasteiger partial charge in [0, 0.05) is 39.3 Å². The number of benzene rings is 1. The van der Waals surface area contributed by atoms with Crippen molar-refractivity contribution in [1.82, 2.24) is 19.4 Å². The van der Waals surface area contributed by atoms with Crippen LogP contribution >= 0.6 is 0 Å². The van der Waals surface area contributed by atoms with E-state index >= 15 is 0 Å². The number of aromatic nitrogens is 2. The van der Waals surface area contributed by atoms with Crippen molar-refractivity contribution in [1.29, 1.82) is 0 Å². The predicted octanol–water partition coefficient (Wildman–Crippen LogP) is 0.570. The van der Waals surface area contributed by atoms with Crippen molar-refractivity contribution < 1.29 is 13.2 Å². The number of sulfonamides is 1. The second kappa shape index (κ2) is 6.37. The fourth-order valence-electron chi connectivity index (χ4n) is 3.13. The van der Waals surface area contributed by atoms with Crippen LogP contribution in [0.1, 0.15) is 11.5 Å². The standard InChI is InChI=1S/C16H20N4O3S/c1-17-16(21)15-11-20(10-14(15)12-8-18-19(2)9-12)24(22,23)13-6-4-3-5-7-13/h3-9,14-15H,10-11H2,1-2H3,(H,17,21)/t14-,15+/m1/s1. The summed E-state index contributed by atoms with van der Waals surface area (Å²) in [4.78, 5) is 12.5. The summed E-state index contributed by atoms with van der Waals surface area (Å²) < 4.78 is 28.7. The van der Waals surface area contributed by atoms with E-state index in [9.17, 15) is 13.2 Å². The number of nitrogens with zero attached hydrogens (tertiary/aromatic N) is 3. The van der Waals surface area contributed by atoms with Crippen molar-refractivity contribution >= 4 is 15.9 Å². The van der Waals surface area contributed by atoms with Gasteiger partial charge >= 0.3 is 0 Å². The van der Waals surface area contributed by atoms with Gasteiger partial charge in [0.15, 0.2) is 0 Å². The first-order valence-corrected chi connectivity index (χ1v) is 9.13. The molecule has 1 aliphatic rings. The number of aryl methyl sites for hydroxylation is 1. The largest absolute Gasteiger partial charge is 0.359 e. The average molecular weight is 348 g/mol. The first-order valence-electron chi connectivity index (χ1n) is 7.69. The Morgan fingerprint density at radius 2 is 1.96 bits per heavy atom. The maximum absolute atomic E-state index is 12.8. The number of amides is 1. The third-order valence-electron chi connectivity index (χ3n) is 4.40. The van der Waals surface area contributed by atoms with Gasteiger partial charge in [-0.1, -0.05) is 18.2 Å². The van der Waals surface area contributed by atoms with E-state index in [2.05, 4.69) is 10.4 Å². The van der Waals surface area contributed by atoms with Crippen molar-refractivity contribution in [3.8, 4) is 0 Å². The van der Waals surface area contributed by atoms with Crippen molar-refractivity contribution in [3.63, 3.8) is 0 Å². The van der Waals surface area contributed by atoms with Crippen LogP contribution in [0.3, 0.4) is 0 Å². The summed E-state index contributed by atoms with van der Waals surface area (Å²) in [6.45, 7) is 0.428. The number of carbonyl (C=O) groups excluding carboxylic acids is 1. The van der Waals surface area contributed by atoms with Crippen LogP contribution in [-0.4, -0.2) is 48.5 Å². The topological polar surface area (TPSA) is 84.3 Å². The van der Waals surface area contributed by atoms with Crippen LogP contribution in [0.25, 0.3) is 0 Å². The second-order valence-corrected chi connectivity index (χ2v) is 7.85. The Morgan fingerprint density at radius 1 is 1.25 bits per heavy atom. The van der Waals surface area contributed by atoms with Gasteiger partial charge in [-0.2, -0.15) is 9.40 Å². The lowest BCUT2D eigenvalue weighted by Gasteiger charge is -2.16. The van der Waals surface area contributed by atoms with Gasteiger partial charge < -0.3 is 5.32 Å². The highest BCUT2D eigenvalue weighted by molar-refractivity contribution is 7.89. The number of hydrogen-bond donors (Lipinski definition) is 1. The molecule has 0 bridgehead atoms. The molecule has 2 atom stereocenters. The van der Waals surface area contributed by atoms with Gasteiger partial charge in [0.25, 0.3) is 0 Å². The van der Waals surface area contributed by atoms with Gasteiger partial charge in [-0.05, 0) is 17.7 Å². The minimum atomic E-state index is -3.62. The summed E-state index contributed by atoms with van der Waals surface area (Å²) in [5.74, 6) is -0.801. The molecule has 1 aliphatic heterocycles. The van der Waals surface area contributed by atoms with E-state index in [0.717, 1.165) is 5.56 Å². The SMILES string of the molecule is CNC(=O)[C@H]1CN(S(=O)(=O)c2ccccc2)C[C@@H]1c1cnn(C)c1. The van der Waals surface area contributed by atoms with E-state index in [1.165, 1.54) is 4.31 Å². The highest BCUT2D eigenvalue weighted by Crippen LogP contribution is 2.35. The average Bonchev–Trinajstić information content (AvgIpc) is 3.21. The van der Waals surface area contributed by atoms with E-state index in [1.54, 1.807) is 55.3 Å². The van der Waals surface area contributed by atoms with Gasteiger partial charge in [-0.15, -0.1) is 0 Å². The van der Waals surface area contributed by atoms with Crippen LogP contribution in [0.5, 0.6) is 0 Å². The Balaban J connectivity index is 1.94. The predicted molar refractivity (Wildman–Crippen MR) is 88.7 cm³/mol. The Morgan fingerprint density at radius 3 is 2.54 bits per heavy atom. The number of nitrogens with one attached hydrogen (secondary N) is 1. The van der Waals surface area contributed by atoms with E-state index < -0.39 is 15.9 Å². The third kappa shape index (κ3) is 2.94. The molecule has 1 aromatic carbocycles. The minimum absolute atomic E-state index is 0.158. The van der Waals surface area contributed by atoms with Gasteiger partial charge in [0.1, 0.15) is 0 Å². The van der Waals surface area contributed by atoms with Crippen LogP contribution in [-0.2, 0) is 21.9 Å². The molecule has 0 saturated carbocycles. The zero-order chi connectivity index (χ0) is 17.3. The molecule has 1 N–H and O–H groups in total. The van der Waals surface area contributed by atoms with Crippen LogP contribution in [0, 0.1) is 5.92 Å². The van der Waals surface area contributed by atoms with E-state index in [1.807, 2.05) is 6.20 Å². The molecular weight excluding hydrogens is 328 g/mol. The van der Waals surface area contributed by atoms with Crippen LogP contribution < -0.4 is 5.32 Å². The quantitative estimate of drug-likeness (QED) is 0.875. The summed E-state index contributed by atoms with van der Waals surface area (Å²) in [6, 6.07) is 8.30. The lowest BCUT2D eigenvalue weighted by molar-refractivity contribution is -0.124. The normalized spacial score (nSPS) is 21.8. The molecule has 8 heteroatoms. The molecule has 0 spiro atoms. The van der Waals surface area contributed by atoms with Crippen molar-refractivity contribution in [2.75, 3.05) is 20.1 Å². The smallest absolute Gasteiger partial charge is 0.243 e. The van der Waals surface area contributed by atoms with Crippen molar-refractivity contribution in [2.24, 2.45) is 13.0 Å². The molecule has 1 amide bonds. The lowest BCUT2D eigenvalue weighted by Crippen LogP contribution is -2.33. The summed E-state index contributed by atoms with van der Waals surface area (Å²) in [5.41, 5.74) is 0.872. The first-order chi connectivity index (χ1) is 11.4. The fraction of sp³-hybridized carbons (Fsp3) is 0.375. The molecule has 24 heavy (non-hydrogen) atoms. The second-order valence-electron chi connectivity index (χ2n) is 5.91. The molecule has 1 saturated heterocycles. The van der Waals surface area contributed by atoms with Crippen LogP contribution in [0.4, 0.5) is 0 Å². The zero-order valence-corrected chi connectivity index (χ0v) is 14.4. The monoisotopic (exact) mass is 348 g/mol. The maximum atomic E-state index is 12.8. The Labute approximate surface area is 141 Å². The van der Waals surface area contributed by atoms with Gasteiger partial charge in [0.05, 0.1) is 17.0 Å². The lowest BCUT2D eigenvalue weighted by atomic mass is 9.90. The maximum Gasteiger partial charge on any atom is 0.243 e. The Kier molecular flexibility index (Phi) is 4.42. The Hall–Kier alpha value is -2.19. The molecule has 128 valence electrons. The number of rotatable bonds is 4. The van der Waals surface area contributed by atoms with E-state index in [0.29, 0.717) is 0 Å². The molecule has 1 aromatic heterocycles. The number of hydrogen-bond acceptors (Lipinski definition) is 4. The first kappa shape index (κ1) is 16.7. The van der Waals surface area contributed by atoms with Crippen LogP contribution in [0.15, 0.2) is 47.6 Å². The molecule has 7 nitrogen and oxygen atoms in total. The molecule has 1 fully saturated rings. The van der Waals surface area contributed by atoms with E-state index in [-0.39, 0.29) is 29.8 Å². The minimum Gasteiger partial charge on any atom is -0.359 e. The van der Waals surface area contributed by atoms with Crippen molar-refractivity contribution in [2.45, 2.75) is 10.8 Å². The summed E-state index contributed by atoms with van der Waals surface area (Å²) in [6.07, 6.45) is 3.53. The Bertz CT molecular complexity index is 832. The van der Waals surface area contributed by atoms with Gasteiger partial charge in [-0.25, -0.2) is 8.42 Å². The highest BCUT2D eigenvalue weighted by Gasteiger charge is 2.43.